The van der Waals surface area contributed by atoms with Crippen LogP contribution in [0.2, 0.25) is 36.3 Å². The third-order valence-electron chi connectivity index (χ3n) is 5.96. The molecule has 0 amide bonds. The highest BCUT2D eigenvalue weighted by Gasteiger charge is 2.57. The van der Waals surface area contributed by atoms with Crippen molar-refractivity contribution in [1.82, 2.24) is 0 Å². The molecule has 0 bridgehead atoms. The molecule has 0 aromatic heterocycles. The molecule has 150 valence electrons. The second-order valence-corrected chi connectivity index (χ2v) is 22.2. The maximum Gasteiger partial charge on any atom is 0.192 e. The number of hydrogen-bond acceptors (Lipinski definition) is 3. The van der Waals surface area contributed by atoms with E-state index in [-0.39, 0.29) is 26.4 Å². The first kappa shape index (κ1) is 24.7. The molecule has 1 saturated heterocycles. The molecule has 25 heavy (non-hydrogen) atoms. The van der Waals surface area contributed by atoms with Crippen molar-refractivity contribution in [2.75, 3.05) is 6.61 Å². The van der Waals surface area contributed by atoms with Gasteiger partial charge in [0.05, 0.1) is 6.61 Å². The summed E-state index contributed by atoms with van der Waals surface area (Å²) in [4.78, 5) is 0. The van der Waals surface area contributed by atoms with Gasteiger partial charge in [-0.25, -0.2) is 0 Å². The van der Waals surface area contributed by atoms with Crippen molar-refractivity contribution in [2.45, 2.75) is 98.5 Å². The highest BCUT2D eigenvalue weighted by Crippen LogP contribution is 2.49. The van der Waals surface area contributed by atoms with Gasteiger partial charge in [0.25, 0.3) is 0 Å². The summed E-state index contributed by atoms with van der Waals surface area (Å²) < 4.78 is 17.6. The average molecular weight is 541 g/mol. The normalized spacial score (nSPS) is 28.4. The molecule has 0 spiro atoms. The highest BCUT2D eigenvalue weighted by molar-refractivity contribution is 14.1. The van der Waals surface area contributed by atoms with E-state index in [1.165, 1.54) is 0 Å². The van der Waals surface area contributed by atoms with Crippen LogP contribution in [-0.4, -0.2) is 43.9 Å². The van der Waals surface area contributed by atoms with Crippen molar-refractivity contribution in [3.63, 3.8) is 0 Å². The van der Waals surface area contributed by atoms with E-state index in [4.69, 9.17) is 36.8 Å². The van der Waals surface area contributed by atoms with Crippen molar-refractivity contribution in [3.05, 3.63) is 0 Å². The van der Waals surface area contributed by atoms with Gasteiger partial charge in [0.15, 0.2) is 21.0 Å². The Hall–Kier alpha value is 1.62. The van der Waals surface area contributed by atoms with E-state index in [1.807, 2.05) is 0 Å². The molecule has 0 aromatic carbocycles. The molecule has 0 aliphatic carbocycles. The summed E-state index contributed by atoms with van der Waals surface area (Å²) in [5.41, 5.74) is 0. The molecule has 3 nitrogen and oxygen atoms in total. The zero-order valence-electron chi connectivity index (χ0n) is 17.3. The highest BCUT2D eigenvalue weighted by atomic mass is 127. The van der Waals surface area contributed by atoms with Crippen molar-refractivity contribution in [3.8, 4) is 0 Å². The van der Waals surface area contributed by atoms with Crippen LogP contribution in [-0.2, 0) is 13.6 Å². The van der Waals surface area contributed by atoms with Gasteiger partial charge in [-0.3, -0.25) is 0 Å². The van der Waals surface area contributed by atoms with Gasteiger partial charge in [-0.2, -0.15) is 0 Å². The summed E-state index contributed by atoms with van der Waals surface area (Å²) in [6.07, 6.45) is -0.636. The third-order valence-corrected chi connectivity index (χ3v) is 17.8. The molecule has 1 fully saturated rings. The molecule has 1 rings (SSSR count). The van der Waals surface area contributed by atoms with Crippen LogP contribution in [0.15, 0.2) is 0 Å². The van der Waals surface area contributed by atoms with Crippen LogP contribution in [0.4, 0.5) is 0 Å². The van der Waals surface area contributed by atoms with Crippen LogP contribution in [0, 0.1) is 0 Å². The number of hydrogen-bond donors (Lipinski definition) is 0. The van der Waals surface area contributed by atoms with Gasteiger partial charge in [0.2, 0.25) is 0 Å². The molecule has 0 N–H and O–H groups in total. The first-order chi connectivity index (χ1) is 10.8. The summed E-state index contributed by atoms with van der Waals surface area (Å²) in [5, 5.41) is 0.217. The maximum absolute atomic E-state index is 6.66. The average Bonchev–Trinajstić information content (AvgIpc) is 2.57. The SMILES string of the molecule is CC(C)(C)[Si](C)(C)OC[C@H]1OC(I)C(Cl)(Cl)[C@@H]1O[Si](C)(C)C(C)(C)C. The van der Waals surface area contributed by atoms with E-state index in [0.29, 0.717) is 6.61 Å². The van der Waals surface area contributed by atoms with Crippen molar-refractivity contribution in [1.29, 1.82) is 0 Å². The molecular weight excluding hydrogens is 506 g/mol. The second-order valence-electron chi connectivity index (χ2n) is 10.0. The molecule has 1 aliphatic heterocycles. The number of ether oxygens (including phenoxy) is 1. The van der Waals surface area contributed by atoms with Crippen LogP contribution in [0.1, 0.15) is 41.5 Å². The summed E-state index contributed by atoms with van der Waals surface area (Å²) in [6.45, 7) is 22.7. The Kier molecular flexibility index (Phi) is 7.70. The van der Waals surface area contributed by atoms with Crippen LogP contribution < -0.4 is 0 Å². The lowest BCUT2D eigenvalue weighted by atomic mass is 10.2. The quantitative estimate of drug-likeness (QED) is 0.220. The monoisotopic (exact) mass is 540 g/mol. The largest absolute Gasteiger partial charge is 0.414 e. The summed E-state index contributed by atoms with van der Waals surface area (Å²) in [6, 6.07) is 0. The molecule has 1 aliphatic rings. The van der Waals surface area contributed by atoms with Gasteiger partial charge in [-0.1, -0.05) is 64.7 Å². The first-order valence-corrected chi connectivity index (χ1v) is 16.6. The predicted molar refractivity (Wildman–Crippen MR) is 122 cm³/mol. The maximum atomic E-state index is 6.66. The summed E-state index contributed by atoms with van der Waals surface area (Å²) in [7, 11) is -3.92. The van der Waals surface area contributed by atoms with Crippen LogP contribution in [0.5, 0.6) is 0 Å². The Balaban J connectivity index is 2.98. The van der Waals surface area contributed by atoms with Gasteiger partial charge in [0, 0.05) is 0 Å². The van der Waals surface area contributed by atoms with Crippen molar-refractivity contribution in [2.24, 2.45) is 0 Å². The lowest BCUT2D eigenvalue weighted by molar-refractivity contribution is 0.00785. The molecule has 0 saturated carbocycles. The first-order valence-electron chi connectivity index (χ1n) is 8.82. The van der Waals surface area contributed by atoms with Gasteiger partial charge >= 0.3 is 0 Å². The minimum Gasteiger partial charge on any atom is -0.414 e. The number of rotatable bonds is 5. The fourth-order valence-corrected chi connectivity index (χ4v) is 5.67. The lowest BCUT2D eigenvalue weighted by Crippen LogP contribution is -2.52. The molecule has 1 unspecified atom stereocenters. The van der Waals surface area contributed by atoms with Crippen LogP contribution in [0.25, 0.3) is 0 Å². The summed E-state index contributed by atoms with van der Waals surface area (Å²) in [5.74, 6) is 0. The molecule has 0 radical (unpaired) electrons. The number of halogens is 3. The topological polar surface area (TPSA) is 27.7 Å². The molecule has 8 heteroatoms. The summed E-state index contributed by atoms with van der Waals surface area (Å²) >= 11 is 15.5. The minimum atomic E-state index is -2.04. The van der Waals surface area contributed by atoms with E-state index in [2.05, 4.69) is 90.3 Å². The fourth-order valence-electron chi connectivity index (χ4n) is 1.97. The smallest absolute Gasteiger partial charge is 0.192 e. The van der Waals surface area contributed by atoms with Crippen molar-refractivity contribution >= 4 is 62.4 Å². The van der Waals surface area contributed by atoms with Gasteiger partial charge < -0.3 is 13.6 Å². The molecule has 3 atom stereocenters. The van der Waals surface area contributed by atoms with Crippen molar-refractivity contribution < 1.29 is 13.6 Å². The Morgan fingerprint density at radius 2 is 1.40 bits per heavy atom. The second kappa shape index (κ2) is 7.80. The minimum absolute atomic E-state index is 0.0745. The third kappa shape index (κ3) is 5.58. The Bertz CT molecular complexity index is 473. The van der Waals surface area contributed by atoms with E-state index < -0.39 is 21.0 Å². The lowest BCUT2D eigenvalue weighted by Gasteiger charge is -2.42. The zero-order chi connectivity index (χ0) is 20.1. The molecule has 1 heterocycles. The zero-order valence-corrected chi connectivity index (χ0v) is 23.0. The van der Waals surface area contributed by atoms with E-state index in [1.54, 1.807) is 0 Å². The molecular formula is C17H35Cl2IO3Si2. The van der Waals surface area contributed by atoms with E-state index in [9.17, 15) is 0 Å². The van der Waals surface area contributed by atoms with E-state index >= 15 is 0 Å². The van der Waals surface area contributed by atoms with Gasteiger partial charge in [0.1, 0.15) is 16.3 Å². The van der Waals surface area contributed by atoms with E-state index in [0.717, 1.165) is 0 Å². The molecule has 0 aromatic rings. The number of alkyl halides is 3. The fraction of sp³-hybridized carbons (Fsp3) is 1.00. The van der Waals surface area contributed by atoms with Crippen LogP contribution >= 0.6 is 45.8 Å². The Labute approximate surface area is 180 Å². The Morgan fingerprint density at radius 1 is 0.960 bits per heavy atom. The van der Waals surface area contributed by atoms with Gasteiger partial charge in [-0.05, 0) is 58.9 Å². The van der Waals surface area contributed by atoms with Gasteiger partial charge in [-0.15, -0.1) is 0 Å². The standard InChI is InChI=1S/C17H35Cl2IO3Si2/c1-15(2,3)24(7,8)21-11-12-13(17(18,19)14(20)22-12)23-25(9,10)16(4,5)6/h12-14H,11H2,1-10H3/t12-,13-,14?/m1/s1. The predicted octanol–water partition coefficient (Wildman–Crippen LogP) is 6.73. The van der Waals surface area contributed by atoms with Crippen LogP contribution in [0.3, 0.4) is 0 Å². The Morgan fingerprint density at radius 3 is 1.80 bits per heavy atom.